The average Bonchev–Trinajstić information content (AvgIpc) is 2.93. The molecule has 1 heterocycles. The third-order valence-electron chi connectivity index (χ3n) is 2.37. The molecule has 0 bridgehead atoms. The molecule has 0 unspecified atom stereocenters. The molecule has 0 atom stereocenters. The number of carbonyl (C=O) groups is 1. The molecule has 114 valence electrons. The summed E-state index contributed by atoms with van der Waals surface area (Å²) in [6.07, 6.45) is 1.98. The number of carbonyl (C=O) groups excluding carboxylic acids is 1. The van der Waals surface area contributed by atoms with Gasteiger partial charge in [-0.15, -0.1) is 0 Å². The predicted molar refractivity (Wildman–Crippen MR) is 90.4 cm³/mol. The van der Waals surface area contributed by atoms with Crippen molar-refractivity contribution >= 4 is 16.8 Å². The Morgan fingerprint density at radius 1 is 1.00 bits per heavy atom. The lowest BCUT2D eigenvalue weighted by Gasteiger charge is -2.00. The van der Waals surface area contributed by atoms with Crippen LogP contribution in [0.1, 0.15) is 51.9 Å². The van der Waals surface area contributed by atoms with Gasteiger partial charge < -0.3 is 9.88 Å². The van der Waals surface area contributed by atoms with E-state index in [9.17, 15) is 4.79 Å². The number of benzene rings is 1. The van der Waals surface area contributed by atoms with Crippen molar-refractivity contribution in [1.29, 1.82) is 0 Å². The van der Waals surface area contributed by atoms with Crippen molar-refractivity contribution in [3.63, 3.8) is 0 Å². The lowest BCUT2D eigenvalue weighted by Crippen LogP contribution is -2.17. The Morgan fingerprint density at radius 3 is 2.05 bits per heavy atom. The summed E-state index contributed by atoms with van der Waals surface area (Å²) in [6.45, 7) is 12.0. The molecule has 0 saturated heterocycles. The van der Waals surface area contributed by atoms with Crippen LogP contribution in [0.5, 0.6) is 0 Å². The van der Waals surface area contributed by atoms with E-state index in [0.717, 1.165) is 10.9 Å². The van der Waals surface area contributed by atoms with Crippen molar-refractivity contribution in [2.45, 2.75) is 41.5 Å². The van der Waals surface area contributed by atoms with E-state index in [1.807, 2.05) is 83.6 Å². The van der Waals surface area contributed by atoms with Gasteiger partial charge in [0.25, 0.3) is 5.91 Å². The number of aromatic nitrogens is 1. The fraction of sp³-hybridized carbons (Fsp3) is 0.471. The van der Waals surface area contributed by atoms with Crippen molar-refractivity contribution < 1.29 is 4.79 Å². The minimum absolute atomic E-state index is 0.0456. The Morgan fingerprint density at radius 2 is 1.55 bits per heavy atom. The van der Waals surface area contributed by atoms with Crippen LogP contribution in [-0.4, -0.2) is 17.5 Å². The predicted octanol–water partition coefficient (Wildman–Crippen LogP) is 4.62. The van der Waals surface area contributed by atoms with Crippen LogP contribution in [0.3, 0.4) is 0 Å². The smallest absolute Gasteiger partial charge is 0.251 e. The largest absolute Gasteiger partial charge is 0.355 e. The third-order valence-corrected chi connectivity index (χ3v) is 2.37. The number of rotatable bonds is 1. The maximum absolute atomic E-state index is 11.3. The highest BCUT2D eigenvalue weighted by atomic mass is 16.1. The van der Waals surface area contributed by atoms with Crippen LogP contribution >= 0.6 is 0 Å². The van der Waals surface area contributed by atoms with Gasteiger partial charge in [-0.2, -0.15) is 0 Å². The summed E-state index contributed by atoms with van der Waals surface area (Å²) < 4.78 is 2.03. The van der Waals surface area contributed by atoms with Crippen molar-refractivity contribution in [3.05, 3.63) is 36.0 Å². The highest BCUT2D eigenvalue weighted by Crippen LogP contribution is 2.16. The highest BCUT2D eigenvalue weighted by molar-refractivity contribution is 5.97. The zero-order chi connectivity index (χ0) is 16.1. The highest BCUT2D eigenvalue weighted by Gasteiger charge is 2.04. The minimum atomic E-state index is -0.0456. The van der Waals surface area contributed by atoms with Crippen molar-refractivity contribution in [1.82, 2.24) is 9.88 Å². The summed E-state index contributed by atoms with van der Waals surface area (Å²) in [6, 6.07) is 7.69. The van der Waals surface area contributed by atoms with Gasteiger partial charge in [-0.05, 0) is 24.3 Å². The van der Waals surface area contributed by atoms with E-state index in [1.54, 1.807) is 7.05 Å². The van der Waals surface area contributed by atoms with Crippen LogP contribution < -0.4 is 5.32 Å². The van der Waals surface area contributed by atoms with Crippen LogP contribution in [0.25, 0.3) is 10.9 Å². The molecule has 3 heteroatoms. The standard InChI is InChI=1S/C11H12N2O.3C2H6/c1-12-11(14)9-3-4-10-8(7-9)5-6-13(10)2;3*1-2/h3-7H,1-2H3,(H,12,14);3*1-2H3. The molecule has 20 heavy (non-hydrogen) atoms. The summed E-state index contributed by atoms with van der Waals surface area (Å²) in [7, 11) is 3.62. The molecule has 0 spiro atoms. The maximum atomic E-state index is 11.3. The summed E-state index contributed by atoms with van der Waals surface area (Å²) in [5.74, 6) is -0.0456. The molecule has 1 aromatic carbocycles. The molecule has 2 aromatic rings. The molecule has 2 rings (SSSR count). The van der Waals surface area contributed by atoms with E-state index in [2.05, 4.69) is 5.32 Å². The fourth-order valence-corrected chi connectivity index (χ4v) is 1.57. The van der Waals surface area contributed by atoms with Crippen molar-refractivity contribution in [2.75, 3.05) is 7.05 Å². The molecule has 1 N–H and O–H groups in total. The van der Waals surface area contributed by atoms with Gasteiger partial charge in [0.05, 0.1) is 0 Å². The molecule has 0 saturated carbocycles. The van der Waals surface area contributed by atoms with Gasteiger partial charge in [-0.3, -0.25) is 4.79 Å². The topological polar surface area (TPSA) is 34.0 Å². The number of hydrogen-bond donors (Lipinski definition) is 1. The first kappa shape index (κ1) is 20.5. The number of fused-ring (bicyclic) bond motifs is 1. The first-order valence-electron chi connectivity index (χ1n) is 7.49. The van der Waals surface area contributed by atoms with Crippen LogP contribution in [-0.2, 0) is 7.05 Å². The summed E-state index contributed by atoms with van der Waals surface area (Å²) in [5, 5.41) is 3.70. The molecule has 0 aliphatic rings. The van der Waals surface area contributed by atoms with Crippen LogP contribution in [0.2, 0.25) is 0 Å². The summed E-state index contributed by atoms with van der Waals surface area (Å²) in [4.78, 5) is 11.3. The number of nitrogens with one attached hydrogen (secondary N) is 1. The van der Waals surface area contributed by atoms with Gasteiger partial charge in [-0.25, -0.2) is 0 Å². The quantitative estimate of drug-likeness (QED) is 0.811. The molecular weight excluding hydrogens is 248 g/mol. The molecule has 3 nitrogen and oxygen atoms in total. The zero-order valence-corrected chi connectivity index (χ0v) is 14.2. The van der Waals surface area contributed by atoms with Crippen LogP contribution in [0.15, 0.2) is 30.5 Å². The lowest BCUT2D eigenvalue weighted by atomic mass is 10.1. The monoisotopic (exact) mass is 278 g/mol. The average molecular weight is 278 g/mol. The lowest BCUT2D eigenvalue weighted by molar-refractivity contribution is 0.0963. The normalized spacial score (nSPS) is 8.20. The summed E-state index contributed by atoms with van der Waals surface area (Å²) >= 11 is 0. The van der Waals surface area contributed by atoms with Gasteiger partial charge in [0.15, 0.2) is 0 Å². The Bertz CT molecular complexity index is 487. The molecular formula is C17H30N2O. The summed E-state index contributed by atoms with van der Waals surface area (Å²) in [5.41, 5.74) is 1.84. The Balaban J connectivity index is 0. The number of nitrogens with zero attached hydrogens (tertiary/aromatic N) is 1. The van der Waals surface area contributed by atoms with Crippen molar-refractivity contribution in [3.8, 4) is 0 Å². The Labute approximate surface area is 124 Å². The molecule has 0 radical (unpaired) electrons. The first-order valence-corrected chi connectivity index (χ1v) is 7.49. The van der Waals surface area contributed by atoms with E-state index in [4.69, 9.17) is 0 Å². The number of aryl methyl sites for hydroxylation is 1. The Hall–Kier alpha value is -1.77. The number of amides is 1. The zero-order valence-electron chi connectivity index (χ0n) is 14.2. The van der Waals surface area contributed by atoms with Crippen LogP contribution in [0, 0.1) is 0 Å². The molecule has 0 fully saturated rings. The van der Waals surface area contributed by atoms with E-state index in [-0.39, 0.29) is 5.91 Å². The molecule has 0 aliphatic carbocycles. The second-order valence-corrected chi connectivity index (χ2v) is 3.28. The van der Waals surface area contributed by atoms with Gasteiger partial charge in [0, 0.05) is 36.8 Å². The third kappa shape index (κ3) is 5.47. The van der Waals surface area contributed by atoms with Gasteiger partial charge in [0.1, 0.15) is 0 Å². The molecule has 1 amide bonds. The number of hydrogen-bond acceptors (Lipinski definition) is 1. The second-order valence-electron chi connectivity index (χ2n) is 3.28. The van der Waals surface area contributed by atoms with Gasteiger partial charge >= 0.3 is 0 Å². The Kier molecular flexibility index (Phi) is 12.6. The fourth-order valence-electron chi connectivity index (χ4n) is 1.57. The van der Waals surface area contributed by atoms with E-state index in [0.29, 0.717) is 5.56 Å². The second kappa shape index (κ2) is 12.3. The SMILES string of the molecule is CC.CC.CC.CNC(=O)c1ccc2c(ccn2C)c1. The van der Waals surface area contributed by atoms with E-state index < -0.39 is 0 Å². The minimum Gasteiger partial charge on any atom is -0.355 e. The van der Waals surface area contributed by atoms with Gasteiger partial charge in [-0.1, -0.05) is 41.5 Å². The first-order chi connectivity index (χ1) is 9.72. The molecule has 1 aromatic heterocycles. The van der Waals surface area contributed by atoms with Crippen LogP contribution in [0.4, 0.5) is 0 Å². The van der Waals surface area contributed by atoms with Gasteiger partial charge in [0.2, 0.25) is 0 Å². The maximum Gasteiger partial charge on any atom is 0.251 e. The van der Waals surface area contributed by atoms with E-state index in [1.165, 1.54) is 0 Å². The molecule has 0 aliphatic heterocycles. The van der Waals surface area contributed by atoms with Crippen molar-refractivity contribution in [2.24, 2.45) is 7.05 Å². The van der Waals surface area contributed by atoms with E-state index >= 15 is 0 Å².